The smallest absolute Gasteiger partial charge is 0.249 e. The summed E-state index contributed by atoms with van der Waals surface area (Å²) in [6, 6.07) is 19.5. The molecule has 3 aromatic carbocycles. The second kappa shape index (κ2) is 10.7. The van der Waals surface area contributed by atoms with Crippen LogP contribution in [0.1, 0.15) is 27.0 Å². The van der Waals surface area contributed by atoms with Gasteiger partial charge in [0.05, 0.1) is 12.0 Å². The van der Waals surface area contributed by atoms with Gasteiger partial charge in [0, 0.05) is 5.56 Å². The van der Waals surface area contributed by atoms with E-state index < -0.39 is 27.9 Å². The van der Waals surface area contributed by atoms with E-state index in [4.69, 9.17) is 17.3 Å². The molecule has 0 fully saturated rings. The SMILES string of the molecule is N/N=C\c1cccc(CC(NS(=O)(=O)Cc2ccc(-c3ccccc3C(N)=O)cc2)C(N)=O)c1. The van der Waals surface area contributed by atoms with Crippen molar-refractivity contribution < 1.29 is 18.0 Å². The molecule has 0 bridgehead atoms. The highest BCUT2D eigenvalue weighted by Crippen LogP contribution is 2.24. The molecular weight excluding hydrogens is 454 g/mol. The first kappa shape index (κ1) is 24.6. The molecule has 0 radical (unpaired) electrons. The van der Waals surface area contributed by atoms with Crippen LogP contribution in [0.25, 0.3) is 11.1 Å². The number of amides is 2. The summed E-state index contributed by atoms with van der Waals surface area (Å²) in [6.45, 7) is 0. The van der Waals surface area contributed by atoms with Crippen molar-refractivity contribution in [3.63, 3.8) is 0 Å². The fourth-order valence-corrected chi connectivity index (χ4v) is 4.88. The van der Waals surface area contributed by atoms with E-state index in [0.29, 0.717) is 27.8 Å². The lowest BCUT2D eigenvalue weighted by atomic mass is 9.98. The Balaban J connectivity index is 1.74. The van der Waals surface area contributed by atoms with Gasteiger partial charge in [-0.25, -0.2) is 13.1 Å². The molecule has 10 heteroatoms. The van der Waals surface area contributed by atoms with Gasteiger partial charge in [0.1, 0.15) is 6.04 Å². The molecule has 0 aromatic heterocycles. The molecule has 34 heavy (non-hydrogen) atoms. The van der Waals surface area contributed by atoms with Crippen LogP contribution in [-0.4, -0.2) is 32.5 Å². The standard InChI is InChI=1S/C24H25N5O4S/c25-23(30)21-7-2-1-6-20(21)19-10-8-16(9-11-19)15-34(32,33)29-22(24(26)31)13-17-4-3-5-18(12-17)14-28-27/h1-12,14,22,29H,13,15,27H2,(H2,25,30)(H2,26,31)/b28-14-. The minimum atomic E-state index is -3.89. The number of rotatable bonds is 10. The Morgan fingerprint density at radius 3 is 2.29 bits per heavy atom. The van der Waals surface area contributed by atoms with Crippen LogP contribution in [0.4, 0.5) is 0 Å². The third-order valence-electron chi connectivity index (χ3n) is 5.09. The molecule has 3 aromatic rings. The van der Waals surface area contributed by atoms with Gasteiger partial charge in [-0.1, -0.05) is 66.7 Å². The van der Waals surface area contributed by atoms with Crippen LogP contribution in [0.15, 0.2) is 77.9 Å². The van der Waals surface area contributed by atoms with E-state index in [-0.39, 0.29) is 12.2 Å². The molecule has 2 amide bonds. The number of hydrogen-bond acceptors (Lipinski definition) is 6. The van der Waals surface area contributed by atoms with Crippen molar-refractivity contribution in [2.45, 2.75) is 18.2 Å². The second-order valence-corrected chi connectivity index (χ2v) is 9.42. The predicted molar refractivity (Wildman–Crippen MR) is 131 cm³/mol. The maximum atomic E-state index is 12.8. The first-order chi connectivity index (χ1) is 16.2. The van der Waals surface area contributed by atoms with E-state index in [9.17, 15) is 18.0 Å². The lowest BCUT2D eigenvalue weighted by Gasteiger charge is -2.16. The third kappa shape index (κ3) is 6.50. The Kier molecular flexibility index (Phi) is 7.77. The molecule has 0 saturated heterocycles. The zero-order valence-corrected chi connectivity index (χ0v) is 19.0. The second-order valence-electron chi connectivity index (χ2n) is 7.67. The summed E-state index contributed by atoms with van der Waals surface area (Å²) in [5.74, 6) is 3.47. The Morgan fingerprint density at radius 2 is 1.65 bits per heavy atom. The molecule has 7 N–H and O–H groups in total. The van der Waals surface area contributed by atoms with Crippen molar-refractivity contribution in [1.82, 2.24) is 4.72 Å². The highest BCUT2D eigenvalue weighted by Gasteiger charge is 2.23. The summed E-state index contributed by atoms with van der Waals surface area (Å²) in [7, 11) is -3.89. The molecule has 0 heterocycles. The third-order valence-corrected chi connectivity index (χ3v) is 6.45. The first-order valence-corrected chi connectivity index (χ1v) is 11.9. The molecule has 0 aliphatic rings. The molecule has 176 valence electrons. The van der Waals surface area contributed by atoms with E-state index >= 15 is 0 Å². The van der Waals surface area contributed by atoms with Gasteiger partial charge in [-0.3, -0.25) is 9.59 Å². The minimum Gasteiger partial charge on any atom is -0.368 e. The maximum Gasteiger partial charge on any atom is 0.249 e. The van der Waals surface area contributed by atoms with Crippen LogP contribution in [0.3, 0.4) is 0 Å². The number of carbonyl (C=O) groups excluding carboxylic acids is 2. The van der Waals surface area contributed by atoms with Crippen LogP contribution in [0.5, 0.6) is 0 Å². The number of hydrogen-bond donors (Lipinski definition) is 4. The van der Waals surface area contributed by atoms with Crippen molar-refractivity contribution in [3.05, 3.63) is 95.1 Å². The van der Waals surface area contributed by atoms with E-state index in [2.05, 4.69) is 9.82 Å². The van der Waals surface area contributed by atoms with E-state index in [1.165, 1.54) is 6.21 Å². The quantitative estimate of drug-likeness (QED) is 0.194. The van der Waals surface area contributed by atoms with E-state index in [0.717, 1.165) is 5.56 Å². The summed E-state index contributed by atoms with van der Waals surface area (Å²) in [5, 5.41) is 3.46. The number of nitrogens with two attached hydrogens (primary N) is 3. The average molecular weight is 480 g/mol. The molecule has 0 spiro atoms. The number of hydrazone groups is 1. The molecule has 3 rings (SSSR count). The summed E-state index contributed by atoms with van der Waals surface area (Å²) < 4.78 is 27.9. The van der Waals surface area contributed by atoms with Crippen molar-refractivity contribution in [2.75, 3.05) is 0 Å². The summed E-state index contributed by atoms with van der Waals surface area (Å²) >= 11 is 0. The van der Waals surface area contributed by atoms with Gasteiger partial charge in [-0.15, -0.1) is 0 Å². The van der Waals surface area contributed by atoms with Crippen LogP contribution in [0.2, 0.25) is 0 Å². The summed E-state index contributed by atoms with van der Waals surface area (Å²) in [5.41, 5.74) is 14.5. The predicted octanol–water partition coefficient (Wildman–Crippen LogP) is 1.26. The van der Waals surface area contributed by atoms with E-state index in [1.807, 2.05) is 0 Å². The molecule has 1 unspecified atom stereocenters. The Morgan fingerprint density at radius 1 is 0.941 bits per heavy atom. The van der Waals surface area contributed by atoms with Crippen LogP contribution in [0, 0.1) is 0 Å². The van der Waals surface area contributed by atoms with Gasteiger partial charge in [0.15, 0.2) is 0 Å². The Labute approximate surface area is 197 Å². The maximum absolute atomic E-state index is 12.8. The minimum absolute atomic E-state index is 0.0731. The fourth-order valence-electron chi connectivity index (χ4n) is 3.53. The van der Waals surface area contributed by atoms with Crippen LogP contribution in [-0.2, 0) is 27.0 Å². The number of primary amides is 2. The van der Waals surface area contributed by atoms with Crippen LogP contribution < -0.4 is 22.0 Å². The lowest BCUT2D eigenvalue weighted by molar-refractivity contribution is -0.119. The normalized spacial score (nSPS) is 12.5. The summed E-state index contributed by atoms with van der Waals surface area (Å²) in [6.07, 6.45) is 1.52. The molecule has 9 nitrogen and oxygen atoms in total. The van der Waals surface area contributed by atoms with Gasteiger partial charge in [-0.2, -0.15) is 5.10 Å². The van der Waals surface area contributed by atoms with Crippen molar-refractivity contribution in [1.29, 1.82) is 0 Å². The highest BCUT2D eigenvalue weighted by molar-refractivity contribution is 7.88. The number of sulfonamides is 1. The summed E-state index contributed by atoms with van der Waals surface area (Å²) in [4.78, 5) is 23.6. The highest BCUT2D eigenvalue weighted by atomic mass is 32.2. The first-order valence-electron chi connectivity index (χ1n) is 10.3. The van der Waals surface area contributed by atoms with Gasteiger partial charge < -0.3 is 17.3 Å². The Hall–Kier alpha value is -4.02. The monoisotopic (exact) mass is 479 g/mol. The van der Waals surface area contributed by atoms with Gasteiger partial charge in [0.25, 0.3) is 0 Å². The molecule has 0 saturated carbocycles. The largest absolute Gasteiger partial charge is 0.368 e. The van der Waals surface area contributed by atoms with E-state index in [1.54, 1.807) is 72.8 Å². The number of carbonyl (C=O) groups is 2. The topological polar surface area (TPSA) is 171 Å². The zero-order chi connectivity index (χ0) is 24.7. The molecule has 1 atom stereocenters. The molecule has 0 aliphatic carbocycles. The number of nitrogens with zero attached hydrogens (tertiary/aromatic N) is 1. The van der Waals surface area contributed by atoms with Crippen molar-refractivity contribution >= 4 is 28.1 Å². The fraction of sp³-hybridized carbons (Fsp3) is 0.125. The van der Waals surface area contributed by atoms with Gasteiger partial charge in [-0.05, 0) is 40.3 Å². The van der Waals surface area contributed by atoms with Gasteiger partial charge >= 0.3 is 0 Å². The molecule has 0 aliphatic heterocycles. The average Bonchev–Trinajstić information content (AvgIpc) is 2.79. The van der Waals surface area contributed by atoms with Crippen molar-refractivity contribution in [2.24, 2.45) is 22.4 Å². The lowest BCUT2D eigenvalue weighted by Crippen LogP contribution is -2.46. The number of nitrogens with one attached hydrogen (secondary N) is 1. The van der Waals surface area contributed by atoms with Crippen LogP contribution >= 0.6 is 0 Å². The zero-order valence-electron chi connectivity index (χ0n) is 18.2. The van der Waals surface area contributed by atoms with Gasteiger partial charge in [0.2, 0.25) is 21.8 Å². The number of benzene rings is 3. The Bertz CT molecular complexity index is 1320. The van der Waals surface area contributed by atoms with Crippen molar-refractivity contribution in [3.8, 4) is 11.1 Å². The molecular formula is C24H25N5O4S.